The highest BCUT2D eigenvalue weighted by atomic mass is 15.1. The van der Waals surface area contributed by atoms with Crippen LogP contribution < -0.4 is 5.32 Å². The third-order valence-electron chi connectivity index (χ3n) is 3.58. The second-order valence-corrected chi connectivity index (χ2v) is 7.55. The maximum Gasteiger partial charge on any atom is 0.123 e. The van der Waals surface area contributed by atoms with Crippen molar-refractivity contribution in [3.63, 3.8) is 0 Å². The third-order valence-corrected chi connectivity index (χ3v) is 3.58. The highest BCUT2D eigenvalue weighted by Gasteiger charge is 2.25. The van der Waals surface area contributed by atoms with Gasteiger partial charge in [0.2, 0.25) is 0 Å². The summed E-state index contributed by atoms with van der Waals surface area (Å²) in [5, 5.41) is 3.65. The number of nitrogens with zero attached hydrogens (tertiary/aromatic N) is 2. The minimum atomic E-state index is 0.108. The molecule has 1 heterocycles. The Kier molecular flexibility index (Phi) is 3.92. The Morgan fingerprint density at radius 2 is 1.75 bits per heavy atom. The van der Waals surface area contributed by atoms with Gasteiger partial charge in [-0.3, -0.25) is 0 Å². The van der Waals surface area contributed by atoms with Gasteiger partial charge in [-0.25, -0.2) is 4.98 Å². The third kappa shape index (κ3) is 3.60. The Bertz CT molecular complexity index is 588. The number of aryl methyl sites for hydroxylation is 1. The largest absolute Gasteiger partial charge is 0.330 e. The molecule has 0 radical (unpaired) electrons. The summed E-state index contributed by atoms with van der Waals surface area (Å²) in [6, 6.07) is 8.28. The average Bonchev–Trinajstić information content (AvgIpc) is 2.62. The second kappa shape index (κ2) is 5.21. The number of rotatable bonds is 4. The van der Waals surface area contributed by atoms with Gasteiger partial charge in [-0.15, -0.1) is 0 Å². The van der Waals surface area contributed by atoms with Gasteiger partial charge in [0.25, 0.3) is 0 Å². The fourth-order valence-electron chi connectivity index (χ4n) is 3.06. The molecule has 0 saturated carbocycles. The Labute approximate surface area is 122 Å². The van der Waals surface area contributed by atoms with Crippen molar-refractivity contribution in [2.24, 2.45) is 12.5 Å². The standard InChI is InChI=1S/C17H27N3/c1-16(2,3)12-17(4,5)18-11-15-19-13-9-7-8-10-14(13)20(15)6/h7-10,18H,11-12H2,1-6H3. The van der Waals surface area contributed by atoms with Crippen LogP contribution in [0.5, 0.6) is 0 Å². The van der Waals surface area contributed by atoms with E-state index < -0.39 is 0 Å². The smallest absolute Gasteiger partial charge is 0.123 e. The van der Waals surface area contributed by atoms with E-state index in [-0.39, 0.29) is 5.54 Å². The van der Waals surface area contributed by atoms with Gasteiger partial charge in [-0.1, -0.05) is 32.9 Å². The van der Waals surface area contributed by atoms with Gasteiger partial charge in [-0.05, 0) is 37.8 Å². The first kappa shape index (κ1) is 15.0. The van der Waals surface area contributed by atoms with Crippen LogP contribution in [-0.2, 0) is 13.6 Å². The fraction of sp³-hybridized carbons (Fsp3) is 0.588. The molecule has 0 fully saturated rings. The van der Waals surface area contributed by atoms with Crippen LogP contribution in [0.15, 0.2) is 24.3 Å². The fourth-order valence-corrected chi connectivity index (χ4v) is 3.06. The number of benzene rings is 1. The molecule has 0 saturated heterocycles. The first-order valence-electron chi connectivity index (χ1n) is 7.33. The van der Waals surface area contributed by atoms with Crippen molar-refractivity contribution >= 4 is 11.0 Å². The van der Waals surface area contributed by atoms with Gasteiger partial charge in [0.05, 0.1) is 17.6 Å². The molecule has 2 rings (SSSR count). The SMILES string of the molecule is Cn1c(CNC(C)(C)CC(C)(C)C)nc2ccccc21. The van der Waals surface area contributed by atoms with Crippen molar-refractivity contribution in [1.29, 1.82) is 0 Å². The van der Waals surface area contributed by atoms with Crippen LogP contribution in [0.25, 0.3) is 11.0 Å². The Morgan fingerprint density at radius 3 is 2.35 bits per heavy atom. The first-order chi connectivity index (χ1) is 9.18. The van der Waals surface area contributed by atoms with E-state index in [9.17, 15) is 0 Å². The van der Waals surface area contributed by atoms with Crippen LogP contribution in [-0.4, -0.2) is 15.1 Å². The van der Waals surface area contributed by atoms with Gasteiger partial charge < -0.3 is 9.88 Å². The first-order valence-corrected chi connectivity index (χ1v) is 7.33. The zero-order chi connectivity index (χ0) is 15.0. The van der Waals surface area contributed by atoms with E-state index in [4.69, 9.17) is 4.98 Å². The summed E-state index contributed by atoms with van der Waals surface area (Å²) in [7, 11) is 2.09. The van der Waals surface area contributed by atoms with Crippen LogP contribution >= 0.6 is 0 Å². The molecule has 110 valence electrons. The summed E-state index contributed by atoms with van der Waals surface area (Å²) in [5.74, 6) is 1.09. The molecule has 0 unspecified atom stereocenters. The van der Waals surface area contributed by atoms with Gasteiger partial charge in [0.15, 0.2) is 0 Å². The number of imidazole rings is 1. The average molecular weight is 273 g/mol. The number of hydrogen-bond donors (Lipinski definition) is 1. The molecule has 0 amide bonds. The molecule has 0 aliphatic rings. The lowest BCUT2D eigenvalue weighted by Crippen LogP contribution is -2.42. The van der Waals surface area contributed by atoms with E-state index in [1.54, 1.807) is 0 Å². The lowest BCUT2D eigenvalue weighted by Gasteiger charge is -2.33. The Morgan fingerprint density at radius 1 is 1.10 bits per heavy atom. The minimum absolute atomic E-state index is 0.108. The van der Waals surface area contributed by atoms with Gasteiger partial charge in [0, 0.05) is 12.6 Å². The highest BCUT2D eigenvalue weighted by Crippen LogP contribution is 2.27. The summed E-state index contributed by atoms with van der Waals surface area (Å²) in [6.07, 6.45) is 1.13. The molecule has 0 bridgehead atoms. The molecule has 0 aliphatic heterocycles. The monoisotopic (exact) mass is 273 g/mol. The van der Waals surface area contributed by atoms with Crippen molar-refractivity contribution in [1.82, 2.24) is 14.9 Å². The van der Waals surface area contributed by atoms with E-state index in [0.717, 1.165) is 24.3 Å². The van der Waals surface area contributed by atoms with Crippen LogP contribution in [0.3, 0.4) is 0 Å². The molecule has 1 aromatic carbocycles. The molecular formula is C17H27N3. The molecule has 0 spiro atoms. The molecule has 3 nitrogen and oxygen atoms in total. The molecule has 3 heteroatoms. The molecular weight excluding hydrogens is 246 g/mol. The van der Waals surface area contributed by atoms with Crippen molar-refractivity contribution < 1.29 is 0 Å². The lowest BCUT2D eigenvalue weighted by atomic mass is 9.82. The van der Waals surface area contributed by atoms with Crippen LogP contribution in [0.1, 0.15) is 46.9 Å². The van der Waals surface area contributed by atoms with E-state index in [0.29, 0.717) is 5.41 Å². The summed E-state index contributed by atoms with van der Waals surface area (Å²) in [4.78, 5) is 4.71. The van der Waals surface area contributed by atoms with Crippen molar-refractivity contribution in [3.8, 4) is 0 Å². The molecule has 2 aromatic rings. The molecule has 1 aromatic heterocycles. The summed E-state index contributed by atoms with van der Waals surface area (Å²) >= 11 is 0. The molecule has 0 aliphatic carbocycles. The topological polar surface area (TPSA) is 29.9 Å². The van der Waals surface area contributed by atoms with Crippen LogP contribution in [0.4, 0.5) is 0 Å². The Balaban J connectivity index is 2.11. The van der Waals surface area contributed by atoms with E-state index in [2.05, 4.69) is 69.7 Å². The second-order valence-electron chi connectivity index (χ2n) is 7.55. The summed E-state index contributed by atoms with van der Waals surface area (Å²) < 4.78 is 2.18. The van der Waals surface area contributed by atoms with Crippen LogP contribution in [0.2, 0.25) is 0 Å². The lowest BCUT2D eigenvalue weighted by molar-refractivity contribution is 0.239. The predicted octanol–water partition coefficient (Wildman–Crippen LogP) is 3.88. The number of nitrogens with one attached hydrogen (secondary N) is 1. The van der Waals surface area contributed by atoms with E-state index >= 15 is 0 Å². The molecule has 0 atom stereocenters. The van der Waals surface area contributed by atoms with Crippen molar-refractivity contribution in [2.75, 3.05) is 0 Å². The zero-order valence-electron chi connectivity index (χ0n) is 13.6. The quantitative estimate of drug-likeness (QED) is 0.916. The number of hydrogen-bond acceptors (Lipinski definition) is 2. The van der Waals surface area contributed by atoms with Gasteiger partial charge in [-0.2, -0.15) is 0 Å². The van der Waals surface area contributed by atoms with Crippen molar-refractivity contribution in [2.45, 2.75) is 53.1 Å². The highest BCUT2D eigenvalue weighted by molar-refractivity contribution is 5.75. The zero-order valence-corrected chi connectivity index (χ0v) is 13.6. The molecule has 1 N–H and O–H groups in total. The number of fused-ring (bicyclic) bond motifs is 1. The van der Waals surface area contributed by atoms with E-state index in [1.807, 2.05) is 6.07 Å². The van der Waals surface area contributed by atoms with Gasteiger partial charge in [0.1, 0.15) is 5.82 Å². The minimum Gasteiger partial charge on any atom is -0.330 e. The number of para-hydroxylation sites is 2. The normalized spacial score (nSPS) is 13.1. The Hall–Kier alpha value is -1.35. The maximum atomic E-state index is 4.71. The van der Waals surface area contributed by atoms with Crippen molar-refractivity contribution in [3.05, 3.63) is 30.1 Å². The molecule has 20 heavy (non-hydrogen) atoms. The predicted molar refractivity (Wildman–Crippen MR) is 85.7 cm³/mol. The van der Waals surface area contributed by atoms with E-state index in [1.165, 1.54) is 5.52 Å². The maximum absolute atomic E-state index is 4.71. The van der Waals surface area contributed by atoms with Gasteiger partial charge >= 0.3 is 0 Å². The summed E-state index contributed by atoms with van der Waals surface area (Å²) in [5.41, 5.74) is 2.69. The van der Waals surface area contributed by atoms with Crippen LogP contribution in [0, 0.1) is 5.41 Å². The number of aromatic nitrogens is 2. The summed E-state index contributed by atoms with van der Waals surface area (Å²) in [6.45, 7) is 12.2.